The van der Waals surface area contributed by atoms with Crippen molar-refractivity contribution in [1.29, 1.82) is 0 Å². The van der Waals surface area contributed by atoms with Crippen LogP contribution in [0.1, 0.15) is 13.3 Å². The molecule has 1 heterocycles. The summed E-state index contributed by atoms with van der Waals surface area (Å²) >= 11 is 0. The van der Waals surface area contributed by atoms with Crippen molar-refractivity contribution in [1.82, 2.24) is 9.97 Å². The van der Waals surface area contributed by atoms with Gasteiger partial charge in [0, 0.05) is 18.9 Å². The van der Waals surface area contributed by atoms with Gasteiger partial charge in [0.2, 0.25) is 5.95 Å². The number of nitrogens with zero attached hydrogens (tertiary/aromatic N) is 3. The molecule has 3 nitrogen and oxygen atoms in total. The molecular formula is C8H10F3N3. The zero-order chi connectivity index (χ0) is 10.6. The van der Waals surface area contributed by atoms with Gasteiger partial charge >= 0.3 is 6.30 Å². The minimum absolute atomic E-state index is 0.131. The lowest BCUT2D eigenvalue weighted by Gasteiger charge is -2.23. The van der Waals surface area contributed by atoms with Crippen LogP contribution >= 0.6 is 0 Å². The molecule has 0 saturated carbocycles. The summed E-state index contributed by atoms with van der Waals surface area (Å²) in [5.41, 5.74) is 0. The summed E-state index contributed by atoms with van der Waals surface area (Å²) in [6.07, 6.45) is -1.46. The van der Waals surface area contributed by atoms with Crippen molar-refractivity contribution < 1.29 is 13.2 Å². The largest absolute Gasteiger partial charge is 0.487 e. The van der Waals surface area contributed by atoms with Crippen LogP contribution in [0, 0.1) is 0 Å². The zero-order valence-electron chi connectivity index (χ0n) is 7.62. The fourth-order valence-corrected chi connectivity index (χ4v) is 0.994. The molecule has 78 valence electrons. The molecule has 14 heavy (non-hydrogen) atoms. The Labute approximate surface area is 79.6 Å². The lowest BCUT2D eigenvalue weighted by atomic mass is 10.4. The molecular weight excluding hydrogens is 195 g/mol. The molecule has 0 spiro atoms. The van der Waals surface area contributed by atoms with Gasteiger partial charge in [-0.25, -0.2) is 9.97 Å². The average molecular weight is 205 g/mol. The molecule has 0 aliphatic heterocycles. The van der Waals surface area contributed by atoms with E-state index in [1.54, 1.807) is 6.92 Å². The Morgan fingerprint density at radius 3 is 2.29 bits per heavy atom. The molecule has 0 aliphatic carbocycles. The maximum atomic E-state index is 12.4. The van der Waals surface area contributed by atoms with Gasteiger partial charge in [0.15, 0.2) is 0 Å². The van der Waals surface area contributed by atoms with Crippen LogP contribution in [0.15, 0.2) is 18.5 Å². The van der Waals surface area contributed by atoms with Gasteiger partial charge in [0.25, 0.3) is 0 Å². The Bertz CT molecular complexity index is 273. The van der Waals surface area contributed by atoms with Crippen LogP contribution in [-0.2, 0) is 0 Å². The second-order valence-corrected chi connectivity index (χ2v) is 2.67. The smallest absolute Gasteiger partial charge is 0.252 e. The minimum Gasteiger partial charge on any atom is -0.252 e. The monoisotopic (exact) mass is 205 g/mol. The summed E-state index contributed by atoms with van der Waals surface area (Å²) in [6, 6.07) is 1.48. The fraction of sp³-hybridized carbons (Fsp3) is 0.500. The van der Waals surface area contributed by atoms with E-state index in [4.69, 9.17) is 0 Å². The van der Waals surface area contributed by atoms with Crippen LogP contribution in [0.3, 0.4) is 0 Å². The third-order valence-corrected chi connectivity index (χ3v) is 1.55. The fourth-order valence-electron chi connectivity index (χ4n) is 0.994. The van der Waals surface area contributed by atoms with Gasteiger partial charge in [-0.1, -0.05) is 6.92 Å². The third-order valence-electron chi connectivity index (χ3n) is 1.55. The first kappa shape index (κ1) is 10.7. The van der Waals surface area contributed by atoms with Crippen molar-refractivity contribution in [2.45, 2.75) is 19.6 Å². The van der Waals surface area contributed by atoms with E-state index in [1.807, 2.05) is 0 Å². The minimum atomic E-state index is -4.42. The molecule has 0 aliphatic rings. The lowest BCUT2D eigenvalue weighted by Crippen LogP contribution is -2.39. The van der Waals surface area contributed by atoms with Crippen LogP contribution in [0.5, 0.6) is 0 Å². The number of hydrogen-bond donors (Lipinski definition) is 0. The van der Waals surface area contributed by atoms with Gasteiger partial charge in [0.1, 0.15) is 0 Å². The zero-order valence-corrected chi connectivity index (χ0v) is 7.62. The van der Waals surface area contributed by atoms with Gasteiger partial charge in [-0.2, -0.15) is 0 Å². The van der Waals surface area contributed by atoms with Crippen molar-refractivity contribution in [3.63, 3.8) is 0 Å². The first-order chi connectivity index (χ1) is 6.55. The summed E-state index contributed by atoms with van der Waals surface area (Å²) in [6.45, 7) is 1.54. The summed E-state index contributed by atoms with van der Waals surface area (Å²) < 4.78 is 37.3. The van der Waals surface area contributed by atoms with Crippen molar-refractivity contribution >= 4 is 5.95 Å². The Morgan fingerprint density at radius 2 is 1.86 bits per heavy atom. The highest BCUT2D eigenvalue weighted by Crippen LogP contribution is 2.25. The van der Waals surface area contributed by atoms with E-state index in [-0.39, 0.29) is 17.4 Å². The topological polar surface area (TPSA) is 29.0 Å². The molecule has 0 radical (unpaired) electrons. The molecule has 0 N–H and O–H groups in total. The van der Waals surface area contributed by atoms with E-state index < -0.39 is 6.30 Å². The maximum absolute atomic E-state index is 12.4. The van der Waals surface area contributed by atoms with Crippen LogP contribution in [0.2, 0.25) is 0 Å². The highest BCUT2D eigenvalue weighted by Gasteiger charge is 2.38. The number of anilines is 1. The molecule has 0 aromatic carbocycles. The molecule has 1 aromatic heterocycles. The number of halogens is 3. The molecule has 6 heteroatoms. The quantitative estimate of drug-likeness (QED) is 0.708. The number of aromatic nitrogens is 2. The maximum Gasteiger partial charge on any atom is 0.487 e. The summed E-state index contributed by atoms with van der Waals surface area (Å²) in [7, 11) is 0. The predicted molar refractivity (Wildman–Crippen MR) is 45.7 cm³/mol. The predicted octanol–water partition coefficient (Wildman–Crippen LogP) is 2.21. The van der Waals surface area contributed by atoms with Gasteiger partial charge in [-0.3, -0.25) is 4.90 Å². The van der Waals surface area contributed by atoms with Crippen LogP contribution in [-0.4, -0.2) is 22.8 Å². The van der Waals surface area contributed by atoms with Crippen molar-refractivity contribution in [3.8, 4) is 0 Å². The molecule has 1 aromatic rings. The van der Waals surface area contributed by atoms with E-state index in [2.05, 4.69) is 9.97 Å². The molecule has 0 amide bonds. The van der Waals surface area contributed by atoms with Gasteiger partial charge in [-0.05, 0) is 12.5 Å². The summed E-state index contributed by atoms with van der Waals surface area (Å²) in [5.74, 6) is -0.304. The van der Waals surface area contributed by atoms with Crippen LogP contribution in [0.4, 0.5) is 19.1 Å². The SMILES string of the molecule is CCCN(c1ncccn1)C(F)(F)F. The van der Waals surface area contributed by atoms with Gasteiger partial charge < -0.3 is 0 Å². The van der Waals surface area contributed by atoms with Crippen LogP contribution < -0.4 is 4.90 Å². The Balaban J connectivity index is 2.89. The van der Waals surface area contributed by atoms with Crippen molar-refractivity contribution in [3.05, 3.63) is 18.5 Å². The van der Waals surface area contributed by atoms with Crippen LogP contribution in [0.25, 0.3) is 0 Å². The van der Waals surface area contributed by atoms with E-state index in [1.165, 1.54) is 18.5 Å². The number of hydrogen-bond acceptors (Lipinski definition) is 3. The molecule has 0 atom stereocenters. The summed E-state index contributed by atoms with van der Waals surface area (Å²) in [5, 5.41) is 0. The number of alkyl halides is 3. The average Bonchev–Trinajstić information content (AvgIpc) is 2.14. The van der Waals surface area contributed by atoms with Gasteiger partial charge in [0.05, 0.1) is 0 Å². The second kappa shape index (κ2) is 4.26. The molecule has 0 fully saturated rings. The Kier molecular flexibility index (Phi) is 3.27. The van der Waals surface area contributed by atoms with Crippen molar-refractivity contribution in [2.24, 2.45) is 0 Å². The van der Waals surface area contributed by atoms with E-state index >= 15 is 0 Å². The first-order valence-electron chi connectivity index (χ1n) is 4.17. The Morgan fingerprint density at radius 1 is 1.29 bits per heavy atom. The summed E-state index contributed by atoms with van der Waals surface area (Å²) in [4.78, 5) is 7.35. The van der Waals surface area contributed by atoms with E-state index in [9.17, 15) is 13.2 Å². The standard InChI is InChI=1S/C8H10F3N3/c1-2-6-14(8(9,10)11)7-12-4-3-5-13-7/h3-5H,2,6H2,1H3. The Hall–Kier alpha value is -1.33. The van der Waals surface area contributed by atoms with E-state index in [0.717, 1.165) is 0 Å². The molecule has 0 unspecified atom stereocenters. The highest BCUT2D eigenvalue weighted by atomic mass is 19.4. The normalized spacial score (nSPS) is 11.4. The lowest BCUT2D eigenvalue weighted by molar-refractivity contribution is -0.130. The van der Waals surface area contributed by atoms with E-state index in [0.29, 0.717) is 6.42 Å². The van der Waals surface area contributed by atoms with Gasteiger partial charge in [-0.15, -0.1) is 13.2 Å². The second-order valence-electron chi connectivity index (χ2n) is 2.67. The molecule has 0 bridgehead atoms. The van der Waals surface area contributed by atoms with Crippen molar-refractivity contribution in [2.75, 3.05) is 11.4 Å². The third kappa shape index (κ3) is 2.58. The number of rotatable bonds is 3. The molecule has 1 rings (SSSR count). The first-order valence-corrected chi connectivity index (χ1v) is 4.17. The highest BCUT2D eigenvalue weighted by molar-refractivity contribution is 5.29. The molecule has 0 saturated heterocycles.